The van der Waals surface area contributed by atoms with Crippen molar-refractivity contribution in [3.8, 4) is 0 Å². The van der Waals surface area contributed by atoms with Crippen molar-refractivity contribution >= 4 is 47.9 Å². The van der Waals surface area contributed by atoms with Crippen LogP contribution in [0.5, 0.6) is 0 Å². The Labute approximate surface area is 101 Å². The van der Waals surface area contributed by atoms with E-state index < -0.39 is 0 Å². The first-order valence-electron chi connectivity index (χ1n) is 0. The second-order valence-corrected chi connectivity index (χ2v) is 0. The van der Waals surface area contributed by atoms with Crippen LogP contribution >= 0.6 is 24.8 Å². The number of hydrogen-bond donors (Lipinski definition) is 0. The van der Waals surface area contributed by atoms with Crippen LogP contribution < -0.4 is 51.4 Å². The summed E-state index contributed by atoms with van der Waals surface area (Å²) in [5.74, 6) is 0. The molecule has 0 spiro atoms. The molecule has 4 heavy (non-hydrogen) atoms. The first-order valence-corrected chi connectivity index (χ1v) is 0. The van der Waals surface area contributed by atoms with Crippen LogP contribution in [0.3, 0.4) is 0 Å². The topological polar surface area (TPSA) is 0 Å². The molecule has 0 saturated carbocycles. The van der Waals surface area contributed by atoms with Gasteiger partial charge in [-0.25, -0.2) is 0 Å². The Bertz CT molecular complexity index is 12.9. The van der Waals surface area contributed by atoms with Gasteiger partial charge >= 0.3 is 74.4 Å². The van der Waals surface area contributed by atoms with Gasteiger partial charge in [-0.05, 0) is 0 Å². The van der Waals surface area contributed by atoms with E-state index in [1.807, 2.05) is 0 Å². The second-order valence-electron chi connectivity index (χ2n) is 0. The number of rotatable bonds is 0. The minimum atomic E-state index is 0. The molecule has 22 valence electrons. The molecule has 0 aromatic rings. The molecule has 0 atom stereocenters. The fraction of sp³-hybridized carbons (Fsp3) is 0. The third-order valence-electron chi connectivity index (χ3n) is 0. The molecule has 0 amide bonds. The molecular formula is H5Cl2KMg. The van der Waals surface area contributed by atoms with Crippen LogP contribution in [0.4, 0.5) is 0 Å². The van der Waals surface area contributed by atoms with E-state index in [2.05, 4.69) is 0 Å². The summed E-state index contributed by atoms with van der Waals surface area (Å²) in [5.41, 5.74) is 0. The Hall–Kier alpha value is 2.98. The van der Waals surface area contributed by atoms with E-state index in [9.17, 15) is 0 Å². The van der Waals surface area contributed by atoms with Gasteiger partial charge in [0.2, 0.25) is 0 Å². The van der Waals surface area contributed by atoms with Crippen molar-refractivity contribution in [3.63, 3.8) is 0 Å². The monoisotopic (exact) mass is 138 g/mol. The third kappa shape index (κ3) is 8.88. The minimum Gasteiger partial charge on any atom is -1.00 e. The Morgan fingerprint density at radius 3 is 1.00 bits per heavy atom. The van der Waals surface area contributed by atoms with E-state index in [1.165, 1.54) is 0 Å². The molecule has 0 unspecified atom stereocenters. The summed E-state index contributed by atoms with van der Waals surface area (Å²) in [6.07, 6.45) is 0. The van der Waals surface area contributed by atoms with Crippen LogP contribution in [0.25, 0.3) is 0 Å². The molecule has 0 aliphatic heterocycles. The summed E-state index contributed by atoms with van der Waals surface area (Å²) in [6, 6.07) is 0. The molecule has 0 nitrogen and oxygen atoms in total. The van der Waals surface area contributed by atoms with Crippen LogP contribution in [0, 0.1) is 0 Å². The average molecular weight is 139 g/mol. The zero-order chi connectivity index (χ0) is 0. The molecule has 0 fully saturated rings. The maximum Gasteiger partial charge on any atom is 2.00 e. The van der Waals surface area contributed by atoms with Crippen LogP contribution in [-0.2, 0) is 0 Å². The second kappa shape index (κ2) is 16.7. The van der Waals surface area contributed by atoms with Crippen LogP contribution in [-0.4, -0.2) is 23.1 Å². The van der Waals surface area contributed by atoms with Gasteiger partial charge in [0.05, 0.1) is 0 Å². The summed E-state index contributed by atoms with van der Waals surface area (Å²) < 4.78 is 0. The van der Waals surface area contributed by atoms with E-state index in [0.717, 1.165) is 0 Å². The maximum absolute atomic E-state index is 0. The van der Waals surface area contributed by atoms with Crippen LogP contribution in [0.2, 0.25) is 0 Å². The number of halogens is 2. The SMILES string of the molecule is Cl.Cl.[H-].[H-].[H-].[K+].[Mg+2]. The van der Waals surface area contributed by atoms with Crippen molar-refractivity contribution in [3.05, 3.63) is 0 Å². The molecule has 0 rings (SSSR count). The molecule has 0 saturated heterocycles. The van der Waals surface area contributed by atoms with Gasteiger partial charge in [0.1, 0.15) is 0 Å². The van der Waals surface area contributed by atoms with E-state index in [1.54, 1.807) is 0 Å². The Kier molecular flexibility index (Phi) is 117. The van der Waals surface area contributed by atoms with Gasteiger partial charge in [-0.2, -0.15) is 0 Å². The van der Waals surface area contributed by atoms with Crippen molar-refractivity contribution in [1.29, 1.82) is 0 Å². The summed E-state index contributed by atoms with van der Waals surface area (Å²) in [7, 11) is 0. The van der Waals surface area contributed by atoms with E-state index in [4.69, 9.17) is 0 Å². The predicted molar refractivity (Wildman–Crippen MR) is 23.6 cm³/mol. The maximum atomic E-state index is 0. The standard InChI is InChI=1S/2ClH.K.Mg.3H/h2*1H;;;;;/q;;+1;+2;3*-1. The van der Waals surface area contributed by atoms with Crippen molar-refractivity contribution in [2.75, 3.05) is 0 Å². The first kappa shape index (κ1) is 28.1. The van der Waals surface area contributed by atoms with Gasteiger partial charge in [0.25, 0.3) is 0 Å². The molecule has 0 aliphatic carbocycles. The van der Waals surface area contributed by atoms with Gasteiger partial charge in [-0.15, -0.1) is 24.8 Å². The summed E-state index contributed by atoms with van der Waals surface area (Å²) in [5, 5.41) is 0. The minimum absolute atomic E-state index is 0. The van der Waals surface area contributed by atoms with Gasteiger partial charge in [0.15, 0.2) is 0 Å². The van der Waals surface area contributed by atoms with Crippen molar-refractivity contribution < 1.29 is 55.7 Å². The quantitative estimate of drug-likeness (QED) is 0.334. The van der Waals surface area contributed by atoms with Crippen molar-refractivity contribution in [2.45, 2.75) is 0 Å². The fourth-order valence-electron chi connectivity index (χ4n) is 0. The molecule has 0 radical (unpaired) electrons. The predicted octanol–water partition coefficient (Wildman–Crippen LogP) is -2.20. The molecule has 0 aliphatic rings. The Morgan fingerprint density at radius 1 is 1.00 bits per heavy atom. The van der Waals surface area contributed by atoms with E-state index in [0.29, 0.717) is 0 Å². The van der Waals surface area contributed by atoms with Gasteiger partial charge < -0.3 is 4.28 Å². The van der Waals surface area contributed by atoms with Gasteiger partial charge in [-0.1, -0.05) is 0 Å². The van der Waals surface area contributed by atoms with E-state index in [-0.39, 0.29) is 104 Å². The largest absolute Gasteiger partial charge is 2.00 e. The number of hydrogen-bond acceptors (Lipinski definition) is 0. The summed E-state index contributed by atoms with van der Waals surface area (Å²) in [4.78, 5) is 0. The normalized spacial score (nSPS) is 0. The molecule has 0 heterocycles. The Morgan fingerprint density at radius 2 is 1.00 bits per heavy atom. The molecular weight excluding hydrogens is 134 g/mol. The smallest absolute Gasteiger partial charge is 1.00 e. The zero-order valence-corrected chi connectivity index (χ0v) is 8.69. The third-order valence-corrected chi connectivity index (χ3v) is 0. The Balaban J connectivity index is 0. The molecule has 0 aromatic heterocycles. The van der Waals surface area contributed by atoms with Crippen molar-refractivity contribution in [1.82, 2.24) is 0 Å². The molecule has 0 bridgehead atoms. The van der Waals surface area contributed by atoms with Gasteiger partial charge in [0, 0.05) is 0 Å². The summed E-state index contributed by atoms with van der Waals surface area (Å²) in [6.45, 7) is 0. The van der Waals surface area contributed by atoms with Crippen LogP contribution in [0.1, 0.15) is 4.28 Å². The van der Waals surface area contributed by atoms with E-state index >= 15 is 0 Å². The van der Waals surface area contributed by atoms with Gasteiger partial charge in [-0.3, -0.25) is 0 Å². The molecule has 4 heteroatoms. The fourth-order valence-corrected chi connectivity index (χ4v) is 0. The van der Waals surface area contributed by atoms with Crippen molar-refractivity contribution in [2.24, 2.45) is 0 Å². The van der Waals surface area contributed by atoms with Crippen LogP contribution in [0.15, 0.2) is 0 Å². The zero-order valence-electron chi connectivity index (χ0n) is 5.52. The summed E-state index contributed by atoms with van der Waals surface area (Å²) >= 11 is 0. The molecule has 0 aromatic carbocycles. The average Bonchev–Trinajstić information content (AvgIpc) is 0. The molecule has 0 N–H and O–H groups in total. The first-order chi connectivity index (χ1) is 0.